The molecule has 0 aliphatic carbocycles. The molecule has 1 fully saturated rings. The lowest BCUT2D eigenvalue weighted by atomic mass is 10.1. The van der Waals surface area contributed by atoms with Crippen LogP contribution in [0.5, 0.6) is 11.5 Å². The first-order valence-electron chi connectivity index (χ1n) is 6.29. The first-order valence-corrected chi connectivity index (χ1v) is 7.08. The summed E-state index contributed by atoms with van der Waals surface area (Å²) >= 11 is 11.1. The van der Waals surface area contributed by atoms with Crippen LogP contribution in [0.1, 0.15) is 12.5 Å². The Bertz CT molecular complexity index is 645. The molecule has 1 aromatic rings. The normalized spacial score (nSPS) is 17.0. The lowest BCUT2D eigenvalue weighted by molar-refractivity contribution is -0.121. The van der Waals surface area contributed by atoms with E-state index >= 15 is 0 Å². The molecule has 0 atom stereocenters. The number of carbonyl (C=O) groups excluding carboxylic acids is 1. The van der Waals surface area contributed by atoms with Gasteiger partial charge in [0.15, 0.2) is 16.6 Å². The van der Waals surface area contributed by atoms with Gasteiger partial charge in [0.2, 0.25) is 0 Å². The van der Waals surface area contributed by atoms with E-state index in [4.69, 9.17) is 28.6 Å². The van der Waals surface area contributed by atoms with Crippen molar-refractivity contribution in [2.45, 2.75) is 6.92 Å². The zero-order chi connectivity index (χ0) is 15.7. The number of rotatable bonds is 3. The Morgan fingerprint density at radius 2 is 2.05 bits per heavy atom. The predicted molar refractivity (Wildman–Crippen MR) is 85.4 cm³/mol. The van der Waals surface area contributed by atoms with Crippen LogP contribution in [0.3, 0.4) is 0 Å². The van der Waals surface area contributed by atoms with Crippen LogP contribution < -0.4 is 4.74 Å². The van der Waals surface area contributed by atoms with Crippen LogP contribution in [0.25, 0.3) is 6.08 Å². The van der Waals surface area contributed by atoms with Crippen molar-refractivity contribution in [1.29, 1.82) is 0 Å². The molecule has 0 spiro atoms. The Balaban J connectivity index is 2.46. The molecule has 7 heteroatoms. The third-order valence-electron chi connectivity index (χ3n) is 3.11. The van der Waals surface area contributed by atoms with Crippen LogP contribution in [-0.2, 0) is 4.79 Å². The molecule has 1 amide bonds. The van der Waals surface area contributed by atoms with Crippen molar-refractivity contribution >= 4 is 40.9 Å². The lowest BCUT2D eigenvalue weighted by Crippen LogP contribution is -2.26. The third kappa shape index (κ3) is 2.82. The first-order chi connectivity index (χ1) is 9.86. The molecule has 1 saturated heterocycles. The lowest BCUT2D eigenvalue weighted by Gasteiger charge is -2.12. The van der Waals surface area contributed by atoms with Gasteiger partial charge in [-0.2, -0.15) is 0 Å². The number of halogens is 1. The molecule has 2 rings (SSSR count). The van der Waals surface area contributed by atoms with Gasteiger partial charge in [0.1, 0.15) is 5.70 Å². The van der Waals surface area contributed by atoms with Gasteiger partial charge in [-0.05, 0) is 42.9 Å². The SMILES string of the molecule is CCOc1cc(/C=C2/C(=O)N(C)C(=S)N2C)cc(Cl)c1O. The highest BCUT2D eigenvalue weighted by Gasteiger charge is 2.32. The summed E-state index contributed by atoms with van der Waals surface area (Å²) in [5.41, 5.74) is 1.08. The van der Waals surface area contributed by atoms with Crippen LogP contribution in [0, 0.1) is 0 Å². The second-order valence-electron chi connectivity index (χ2n) is 4.52. The van der Waals surface area contributed by atoms with Gasteiger partial charge in [0.05, 0.1) is 11.6 Å². The van der Waals surface area contributed by atoms with Crippen molar-refractivity contribution in [3.8, 4) is 11.5 Å². The minimum absolute atomic E-state index is 0.112. The largest absolute Gasteiger partial charge is 0.503 e. The van der Waals surface area contributed by atoms with Gasteiger partial charge >= 0.3 is 0 Å². The summed E-state index contributed by atoms with van der Waals surface area (Å²) in [6.07, 6.45) is 1.66. The highest BCUT2D eigenvalue weighted by molar-refractivity contribution is 7.80. The monoisotopic (exact) mass is 326 g/mol. The molecule has 0 saturated carbocycles. The summed E-state index contributed by atoms with van der Waals surface area (Å²) in [4.78, 5) is 15.1. The Kier molecular flexibility index (Phi) is 4.39. The molecule has 1 heterocycles. The summed E-state index contributed by atoms with van der Waals surface area (Å²) in [6, 6.07) is 3.19. The smallest absolute Gasteiger partial charge is 0.276 e. The van der Waals surface area contributed by atoms with E-state index in [0.29, 0.717) is 23.0 Å². The zero-order valence-corrected chi connectivity index (χ0v) is 13.5. The number of nitrogens with zero attached hydrogens (tertiary/aromatic N) is 2. The highest BCUT2D eigenvalue weighted by atomic mass is 35.5. The van der Waals surface area contributed by atoms with E-state index in [2.05, 4.69) is 0 Å². The number of hydrogen-bond acceptors (Lipinski definition) is 4. The first kappa shape index (κ1) is 15.6. The Hall–Kier alpha value is -1.79. The molecule has 112 valence electrons. The summed E-state index contributed by atoms with van der Waals surface area (Å²) in [7, 11) is 3.35. The fraction of sp³-hybridized carbons (Fsp3) is 0.286. The minimum atomic E-state index is -0.190. The molecule has 1 aromatic carbocycles. The fourth-order valence-corrected chi connectivity index (χ4v) is 2.39. The van der Waals surface area contributed by atoms with E-state index in [1.807, 2.05) is 0 Å². The van der Waals surface area contributed by atoms with Crippen LogP contribution in [-0.4, -0.2) is 46.6 Å². The topological polar surface area (TPSA) is 53.0 Å². The number of likely N-dealkylation sites (N-methyl/N-ethyl adjacent to an activating group) is 2. The maximum Gasteiger partial charge on any atom is 0.276 e. The second kappa shape index (κ2) is 5.91. The molecule has 1 N–H and O–H groups in total. The van der Waals surface area contributed by atoms with Crippen molar-refractivity contribution < 1.29 is 14.6 Å². The molecular weight excluding hydrogens is 312 g/mol. The van der Waals surface area contributed by atoms with Gasteiger partial charge in [-0.25, -0.2) is 0 Å². The van der Waals surface area contributed by atoms with Crippen LogP contribution in [0.4, 0.5) is 0 Å². The minimum Gasteiger partial charge on any atom is -0.503 e. The summed E-state index contributed by atoms with van der Waals surface area (Å²) < 4.78 is 5.32. The molecule has 0 aromatic heterocycles. The maximum absolute atomic E-state index is 12.1. The van der Waals surface area contributed by atoms with Gasteiger partial charge in [0, 0.05) is 14.1 Å². The third-order valence-corrected chi connectivity index (χ3v) is 3.95. The highest BCUT2D eigenvalue weighted by Crippen LogP contribution is 2.36. The van der Waals surface area contributed by atoms with Crippen molar-refractivity contribution in [2.75, 3.05) is 20.7 Å². The average molecular weight is 327 g/mol. The number of thiocarbonyl (C=S) groups is 1. The molecular formula is C14H15ClN2O3S. The Morgan fingerprint density at radius 3 is 2.57 bits per heavy atom. The molecule has 21 heavy (non-hydrogen) atoms. The Morgan fingerprint density at radius 1 is 1.38 bits per heavy atom. The Labute approximate surface area is 133 Å². The molecule has 1 aliphatic heterocycles. The van der Waals surface area contributed by atoms with Gasteiger partial charge in [-0.15, -0.1) is 0 Å². The van der Waals surface area contributed by atoms with Gasteiger partial charge in [0.25, 0.3) is 5.91 Å². The van der Waals surface area contributed by atoms with E-state index in [-0.39, 0.29) is 22.4 Å². The number of amides is 1. The van der Waals surface area contributed by atoms with E-state index in [1.165, 1.54) is 4.90 Å². The van der Waals surface area contributed by atoms with Gasteiger partial charge in [-0.1, -0.05) is 11.6 Å². The predicted octanol–water partition coefficient (Wildman–Crippen LogP) is 2.47. The van der Waals surface area contributed by atoms with Gasteiger partial charge < -0.3 is 14.7 Å². The standard InChI is InChI=1S/C14H15ClN2O3S/c1-4-20-11-7-8(5-9(15)12(11)18)6-10-13(19)17(3)14(21)16(10)2/h5-7,18H,4H2,1-3H3/b10-6-. The maximum atomic E-state index is 12.1. The molecule has 0 radical (unpaired) electrons. The molecule has 0 bridgehead atoms. The van der Waals surface area contributed by atoms with E-state index < -0.39 is 0 Å². The summed E-state index contributed by atoms with van der Waals surface area (Å²) in [5.74, 6) is -0.0232. The van der Waals surface area contributed by atoms with Crippen LogP contribution in [0.15, 0.2) is 17.8 Å². The fourth-order valence-electron chi connectivity index (χ4n) is 1.99. The number of phenols is 1. The zero-order valence-electron chi connectivity index (χ0n) is 11.9. The molecule has 1 aliphatic rings. The molecule has 0 unspecified atom stereocenters. The van der Waals surface area contributed by atoms with E-state index in [9.17, 15) is 9.90 Å². The van der Waals surface area contributed by atoms with E-state index in [0.717, 1.165) is 0 Å². The van der Waals surface area contributed by atoms with Crippen molar-refractivity contribution in [2.24, 2.45) is 0 Å². The van der Waals surface area contributed by atoms with Crippen LogP contribution >= 0.6 is 23.8 Å². The number of phenolic OH excluding ortho intramolecular Hbond substituents is 1. The second-order valence-corrected chi connectivity index (χ2v) is 5.29. The van der Waals surface area contributed by atoms with Crippen LogP contribution in [0.2, 0.25) is 5.02 Å². The number of hydrogen-bond donors (Lipinski definition) is 1. The van der Waals surface area contributed by atoms with Gasteiger partial charge in [-0.3, -0.25) is 9.69 Å². The van der Waals surface area contributed by atoms with Crippen molar-refractivity contribution in [3.05, 3.63) is 28.4 Å². The summed E-state index contributed by atoms with van der Waals surface area (Å²) in [5, 5.41) is 10.4. The number of carbonyl (C=O) groups is 1. The quantitative estimate of drug-likeness (QED) is 0.683. The van der Waals surface area contributed by atoms with Crippen molar-refractivity contribution in [1.82, 2.24) is 9.80 Å². The number of benzene rings is 1. The number of aromatic hydroxyl groups is 1. The van der Waals surface area contributed by atoms with E-state index in [1.54, 1.807) is 44.1 Å². The van der Waals surface area contributed by atoms with Crippen molar-refractivity contribution in [3.63, 3.8) is 0 Å². The number of ether oxygens (including phenoxy) is 1. The molecule has 5 nitrogen and oxygen atoms in total. The summed E-state index contributed by atoms with van der Waals surface area (Å²) in [6.45, 7) is 2.20. The average Bonchev–Trinajstić information content (AvgIpc) is 2.62.